The maximum Gasteiger partial charge on any atom is 0.128 e. The number of pyridine rings is 1. The molecule has 108 valence electrons. The summed E-state index contributed by atoms with van der Waals surface area (Å²) in [5.41, 5.74) is 6.37. The van der Waals surface area contributed by atoms with E-state index in [4.69, 9.17) is 0 Å². The second-order valence-corrected chi connectivity index (χ2v) is 6.18. The van der Waals surface area contributed by atoms with Crippen molar-refractivity contribution in [2.24, 2.45) is 11.8 Å². The van der Waals surface area contributed by atoms with Crippen LogP contribution in [0.3, 0.4) is 0 Å². The van der Waals surface area contributed by atoms with E-state index in [1.54, 1.807) is 0 Å². The number of aromatic nitrogens is 1. The molecule has 2 aliphatic heterocycles. The van der Waals surface area contributed by atoms with Crippen LogP contribution in [0.25, 0.3) is 0 Å². The minimum Gasteiger partial charge on any atom is -0.371 e. The van der Waals surface area contributed by atoms with Gasteiger partial charge in [-0.3, -0.25) is 0 Å². The van der Waals surface area contributed by atoms with Crippen LogP contribution in [-0.2, 0) is 0 Å². The Morgan fingerprint density at radius 3 is 2.14 bits per heavy atom. The van der Waals surface area contributed by atoms with Crippen molar-refractivity contribution in [3.8, 4) is 0 Å². The molecule has 0 bridgehead atoms. The first-order valence-corrected chi connectivity index (χ1v) is 7.62. The van der Waals surface area contributed by atoms with Gasteiger partial charge in [0.1, 0.15) is 11.5 Å². The van der Waals surface area contributed by atoms with E-state index < -0.39 is 0 Å². The van der Waals surface area contributed by atoms with E-state index in [0.29, 0.717) is 0 Å². The van der Waals surface area contributed by atoms with E-state index in [9.17, 15) is 0 Å². The zero-order valence-corrected chi connectivity index (χ0v) is 12.2. The van der Waals surface area contributed by atoms with Gasteiger partial charge in [0.25, 0.3) is 0 Å². The Bertz CT molecular complexity index is 596. The van der Waals surface area contributed by atoms with Gasteiger partial charge in [-0.25, -0.2) is 4.98 Å². The number of hydrogen-bond acceptors (Lipinski definition) is 3. The van der Waals surface area contributed by atoms with E-state index in [1.807, 2.05) is 12.3 Å². The maximum atomic E-state index is 4.48. The van der Waals surface area contributed by atoms with E-state index in [1.165, 1.54) is 5.69 Å². The lowest BCUT2D eigenvalue weighted by Gasteiger charge is -2.23. The number of rotatable bonds is 2. The lowest BCUT2D eigenvalue weighted by Crippen LogP contribution is -2.40. The monoisotopic (exact) mass is 281 g/mol. The van der Waals surface area contributed by atoms with Gasteiger partial charge in [-0.2, -0.15) is 0 Å². The number of benzene rings is 1. The Kier molecular flexibility index (Phi) is 3.04. The van der Waals surface area contributed by atoms with Gasteiger partial charge in [-0.1, -0.05) is 6.07 Å². The van der Waals surface area contributed by atoms with Crippen LogP contribution in [0.4, 0.5) is 17.2 Å². The molecule has 4 rings (SSSR count). The zero-order chi connectivity index (χ0) is 14.2. The molecule has 4 heteroatoms. The molecule has 2 aromatic rings. The van der Waals surface area contributed by atoms with Gasteiger partial charge in [0.15, 0.2) is 0 Å². The average molecular weight is 281 g/mol. The number of fused-ring (bicyclic) bond motifs is 1. The van der Waals surface area contributed by atoms with E-state index in [-0.39, 0.29) is 0 Å². The quantitative estimate of drug-likeness (QED) is 0.908. The van der Waals surface area contributed by atoms with Gasteiger partial charge in [-0.15, -0.1) is 0 Å². The molecule has 2 atom stereocenters. The van der Waals surface area contributed by atoms with Crippen LogP contribution in [0, 0.1) is 11.8 Å². The molecule has 0 radical (unpaired) electrons. The van der Waals surface area contributed by atoms with Gasteiger partial charge < -0.3 is 15.5 Å². The molecule has 0 spiro atoms. The normalized spacial score (nSPS) is 24.4. The smallest absolute Gasteiger partial charge is 0.128 e. The average Bonchev–Trinajstić information content (AvgIpc) is 3.07. The van der Waals surface area contributed by atoms with Gasteiger partial charge >= 0.3 is 0 Å². The van der Waals surface area contributed by atoms with Crippen molar-refractivity contribution >= 4 is 17.2 Å². The van der Waals surface area contributed by atoms with Crippen LogP contribution in [0.5, 0.6) is 0 Å². The number of quaternary nitrogens is 1. The second kappa shape index (κ2) is 5.04. The molecule has 0 amide bonds. The highest BCUT2D eigenvalue weighted by atomic mass is 15.3. The minimum absolute atomic E-state index is 0.756. The standard InChI is InChI=1S/C17H20N4/c18-15-4-6-16(7-5-15)20-9-13-11-21(12-14(13)10-20)17-3-1-2-8-19-17/h1-8,13-14H,9-12,18H2/p+1/t13-,14-/m0/s1. The molecule has 0 aliphatic carbocycles. The Balaban J connectivity index is 1.45. The van der Waals surface area contributed by atoms with Crippen molar-refractivity contribution in [3.05, 3.63) is 48.7 Å². The molecule has 0 saturated carbocycles. The van der Waals surface area contributed by atoms with E-state index in [0.717, 1.165) is 49.5 Å². The van der Waals surface area contributed by atoms with Crippen molar-refractivity contribution in [1.29, 1.82) is 0 Å². The first kappa shape index (κ1) is 12.7. The third-order valence-corrected chi connectivity index (χ3v) is 4.76. The topological polar surface area (TPSA) is 47.0 Å². The molecule has 21 heavy (non-hydrogen) atoms. The Hall–Kier alpha value is -2.07. The highest BCUT2D eigenvalue weighted by Gasteiger charge is 2.40. The summed E-state index contributed by atoms with van der Waals surface area (Å²) in [6, 6.07) is 14.8. The lowest BCUT2D eigenvalue weighted by atomic mass is 10.0. The van der Waals surface area contributed by atoms with Crippen LogP contribution in [0.1, 0.15) is 0 Å². The number of nitrogens with zero attached hydrogens (tertiary/aromatic N) is 3. The van der Waals surface area contributed by atoms with Crippen LogP contribution in [0.2, 0.25) is 0 Å². The van der Waals surface area contributed by atoms with Crippen molar-refractivity contribution in [2.45, 2.75) is 0 Å². The predicted molar refractivity (Wildman–Crippen MR) is 84.6 cm³/mol. The fraction of sp³-hybridized carbons (Fsp3) is 0.353. The second-order valence-electron chi connectivity index (χ2n) is 6.18. The van der Waals surface area contributed by atoms with E-state index >= 15 is 0 Å². The largest absolute Gasteiger partial charge is 0.371 e. The van der Waals surface area contributed by atoms with Gasteiger partial charge in [-0.05, 0) is 24.3 Å². The van der Waals surface area contributed by atoms with Gasteiger partial charge in [0.2, 0.25) is 0 Å². The lowest BCUT2D eigenvalue weighted by molar-refractivity contribution is -0.254. The fourth-order valence-electron chi connectivity index (χ4n) is 3.64. The van der Waals surface area contributed by atoms with Crippen LogP contribution in [0.15, 0.2) is 48.7 Å². The van der Waals surface area contributed by atoms with Crippen LogP contribution in [-0.4, -0.2) is 31.2 Å². The Morgan fingerprint density at radius 1 is 0.857 bits per heavy atom. The highest BCUT2D eigenvalue weighted by Crippen LogP contribution is 2.35. The summed E-state index contributed by atoms with van der Waals surface area (Å²) in [4.78, 5) is 9.43. The molecule has 2 saturated heterocycles. The Morgan fingerprint density at radius 2 is 1.52 bits per heavy atom. The minimum atomic E-state index is 0.756. The predicted octanol–water partition coefficient (Wildman–Crippen LogP) is 1.53. The molecular weight excluding hydrogens is 260 g/mol. The zero-order valence-electron chi connectivity index (χ0n) is 12.2. The summed E-state index contributed by atoms with van der Waals surface area (Å²) in [6.07, 6.45) is 1.88. The van der Waals surface area contributed by atoms with Gasteiger partial charge in [0, 0.05) is 62.0 Å². The summed E-state index contributed by atoms with van der Waals surface area (Å²) in [5, 5.41) is 0. The SMILES string of the molecule is [NH3+]c1ccc(N2C[C@H]3CN(c4ccccn4)C[C@@H]3C2)cc1. The molecule has 3 heterocycles. The first-order chi connectivity index (χ1) is 10.3. The summed E-state index contributed by atoms with van der Waals surface area (Å²) < 4.78 is 0. The molecular formula is C17H21N4+. The summed E-state index contributed by atoms with van der Waals surface area (Å²) in [6.45, 7) is 4.58. The fourth-order valence-corrected chi connectivity index (χ4v) is 3.64. The maximum absolute atomic E-state index is 4.48. The van der Waals surface area contributed by atoms with Gasteiger partial charge in [0.05, 0.1) is 0 Å². The third-order valence-electron chi connectivity index (χ3n) is 4.76. The highest BCUT2D eigenvalue weighted by molar-refractivity contribution is 5.52. The summed E-state index contributed by atoms with van der Waals surface area (Å²) in [5.74, 6) is 2.64. The Labute approximate surface area is 125 Å². The van der Waals surface area contributed by atoms with Crippen LogP contribution >= 0.6 is 0 Å². The van der Waals surface area contributed by atoms with Crippen molar-refractivity contribution in [3.63, 3.8) is 0 Å². The number of anilines is 2. The molecule has 2 aliphatic rings. The summed E-state index contributed by atoms with van der Waals surface area (Å²) >= 11 is 0. The molecule has 1 aromatic heterocycles. The van der Waals surface area contributed by atoms with E-state index in [2.05, 4.69) is 56.9 Å². The van der Waals surface area contributed by atoms with Crippen molar-refractivity contribution < 1.29 is 5.73 Å². The molecule has 2 fully saturated rings. The molecule has 1 aromatic carbocycles. The molecule has 3 N–H and O–H groups in total. The third kappa shape index (κ3) is 2.36. The molecule has 4 nitrogen and oxygen atoms in total. The van der Waals surface area contributed by atoms with Crippen LogP contribution < -0.4 is 15.5 Å². The summed E-state index contributed by atoms with van der Waals surface area (Å²) in [7, 11) is 0. The number of hydrogen-bond donors (Lipinski definition) is 1. The molecule has 0 unspecified atom stereocenters. The first-order valence-electron chi connectivity index (χ1n) is 7.62. The van der Waals surface area contributed by atoms with Crippen molar-refractivity contribution in [1.82, 2.24) is 4.98 Å². The van der Waals surface area contributed by atoms with Crippen molar-refractivity contribution in [2.75, 3.05) is 36.0 Å².